The largest absolute Gasteiger partial charge is 0.481 e. The highest BCUT2D eigenvalue weighted by molar-refractivity contribution is 5.94. The van der Waals surface area contributed by atoms with E-state index < -0.39 is 85.5 Å². The number of nitrogens with zero attached hydrogens (tertiary/aromatic N) is 2. The minimum Gasteiger partial charge on any atom is -0.481 e. The molecule has 0 aliphatic carbocycles. The lowest BCUT2D eigenvalue weighted by atomic mass is 10.1. The predicted octanol–water partition coefficient (Wildman–Crippen LogP) is -3.40. The summed E-state index contributed by atoms with van der Waals surface area (Å²) in [5.74, 6) is -6.92. The molecule has 1 aromatic rings. The van der Waals surface area contributed by atoms with Crippen LogP contribution in [0.3, 0.4) is 0 Å². The molecule has 13 N–H and O–H groups in total. The van der Waals surface area contributed by atoms with Gasteiger partial charge in [-0.05, 0) is 25.7 Å². The second-order valence-corrected chi connectivity index (χ2v) is 8.72. The van der Waals surface area contributed by atoms with E-state index in [0.717, 1.165) is 0 Å². The van der Waals surface area contributed by atoms with E-state index in [9.17, 15) is 33.9 Å². The number of aliphatic carboxylic acids is 3. The van der Waals surface area contributed by atoms with E-state index >= 15 is 0 Å². The average molecular weight is 570 g/mol. The number of imidazole rings is 1. The number of hydrogen-bond donors (Lipinski definition) is 10. The van der Waals surface area contributed by atoms with Gasteiger partial charge in [-0.25, -0.2) is 9.78 Å². The Labute approximate surface area is 228 Å². The van der Waals surface area contributed by atoms with Gasteiger partial charge in [0.15, 0.2) is 5.96 Å². The van der Waals surface area contributed by atoms with Crippen molar-refractivity contribution in [3.05, 3.63) is 18.2 Å². The maximum atomic E-state index is 13.2. The number of carbonyl (C=O) groups excluding carboxylic acids is 3. The van der Waals surface area contributed by atoms with Crippen LogP contribution in [-0.2, 0) is 35.2 Å². The number of aliphatic imine (C=N–C) groups is 1. The van der Waals surface area contributed by atoms with Crippen LogP contribution in [0.25, 0.3) is 0 Å². The number of H-pyrrole nitrogens is 1. The van der Waals surface area contributed by atoms with Crippen molar-refractivity contribution in [1.29, 1.82) is 0 Å². The van der Waals surface area contributed by atoms with Gasteiger partial charge in [-0.15, -0.1) is 0 Å². The summed E-state index contributed by atoms with van der Waals surface area (Å²) in [5.41, 5.74) is 17.1. The molecular formula is C22H35N9O9. The zero-order valence-corrected chi connectivity index (χ0v) is 21.5. The minimum absolute atomic E-state index is 0.00520. The van der Waals surface area contributed by atoms with Crippen molar-refractivity contribution in [2.75, 3.05) is 6.54 Å². The topological polar surface area (TPSA) is 318 Å². The minimum atomic E-state index is -1.61. The van der Waals surface area contributed by atoms with Crippen molar-refractivity contribution in [1.82, 2.24) is 25.9 Å². The first-order chi connectivity index (χ1) is 18.8. The smallest absolute Gasteiger partial charge is 0.326 e. The molecule has 0 fully saturated rings. The van der Waals surface area contributed by atoms with Gasteiger partial charge in [0.25, 0.3) is 0 Å². The molecule has 0 aliphatic heterocycles. The Bertz CT molecular complexity index is 1060. The molecule has 18 nitrogen and oxygen atoms in total. The molecule has 0 spiro atoms. The van der Waals surface area contributed by atoms with E-state index in [-0.39, 0.29) is 31.8 Å². The lowest BCUT2D eigenvalue weighted by Gasteiger charge is -2.25. The van der Waals surface area contributed by atoms with Crippen molar-refractivity contribution in [3.8, 4) is 0 Å². The zero-order chi connectivity index (χ0) is 30.2. The third-order valence-electron chi connectivity index (χ3n) is 5.45. The standard InChI is InChI=1S/C22H35N9O9/c23-12(8-11-9-26-10-28-11)18(36)29-13(2-1-7-27-22(24)25)19(37)30-14(3-5-16(32)33)20(38)31-15(21(39)40)4-6-17(34)35/h9-10,12-15H,1-8,23H2,(H,26,28)(H,29,36)(H,30,37)(H,31,38)(H,32,33)(H,34,35)(H,39,40)(H4,24,25,27). The van der Waals surface area contributed by atoms with Crippen LogP contribution >= 0.6 is 0 Å². The first kappa shape index (κ1) is 33.3. The lowest BCUT2D eigenvalue weighted by molar-refractivity contribution is -0.144. The van der Waals surface area contributed by atoms with E-state index in [1.54, 1.807) is 0 Å². The fourth-order valence-electron chi connectivity index (χ4n) is 3.38. The first-order valence-corrected chi connectivity index (χ1v) is 12.2. The van der Waals surface area contributed by atoms with Crippen LogP contribution in [0.5, 0.6) is 0 Å². The maximum Gasteiger partial charge on any atom is 0.326 e. The lowest BCUT2D eigenvalue weighted by Crippen LogP contribution is -2.57. The van der Waals surface area contributed by atoms with Gasteiger partial charge in [0, 0.05) is 37.7 Å². The number of amides is 3. The van der Waals surface area contributed by atoms with Crippen LogP contribution in [0.2, 0.25) is 0 Å². The van der Waals surface area contributed by atoms with Crippen LogP contribution in [-0.4, -0.2) is 97.6 Å². The predicted molar refractivity (Wildman–Crippen MR) is 137 cm³/mol. The number of carboxylic acids is 3. The van der Waals surface area contributed by atoms with E-state index in [2.05, 4.69) is 30.9 Å². The number of hydrogen-bond acceptors (Lipinski definition) is 9. The molecule has 222 valence electrons. The summed E-state index contributed by atoms with van der Waals surface area (Å²) >= 11 is 0. The summed E-state index contributed by atoms with van der Waals surface area (Å²) in [6.45, 7) is 0.106. The van der Waals surface area contributed by atoms with Gasteiger partial charge in [0.05, 0.1) is 12.4 Å². The van der Waals surface area contributed by atoms with E-state index in [1.807, 2.05) is 0 Å². The number of carboxylic acid groups (broad SMARTS) is 3. The highest BCUT2D eigenvalue weighted by atomic mass is 16.4. The SMILES string of the molecule is NC(N)=NCCCC(NC(=O)C(N)Cc1cnc[nH]1)C(=O)NC(CCC(=O)O)C(=O)NC(CCC(=O)O)C(=O)O. The van der Waals surface area contributed by atoms with Crippen molar-refractivity contribution in [2.45, 2.75) is 69.1 Å². The second kappa shape index (κ2) is 17.0. The molecule has 0 saturated carbocycles. The molecule has 0 aromatic carbocycles. The quantitative estimate of drug-likeness (QED) is 0.0441. The van der Waals surface area contributed by atoms with Crippen molar-refractivity contribution in [3.63, 3.8) is 0 Å². The summed E-state index contributed by atoms with van der Waals surface area (Å²) < 4.78 is 0. The normalized spacial score (nSPS) is 13.6. The van der Waals surface area contributed by atoms with E-state index in [1.165, 1.54) is 12.5 Å². The fourth-order valence-corrected chi connectivity index (χ4v) is 3.38. The number of aromatic nitrogens is 2. The van der Waals surface area contributed by atoms with Gasteiger partial charge in [-0.1, -0.05) is 0 Å². The molecule has 4 atom stereocenters. The third-order valence-corrected chi connectivity index (χ3v) is 5.45. The Hall–Kier alpha value is -4.74. The Morgan fingerprint density at radius 2 is 1.38 bits per heavy atom. The Balaban J connectivity index is 3.04. The van der Waals surface area contributed by atoms with Gasteiger partial charge in [-0.3, -0.25) is 29.0 Å². The summed E-state index contributed by atoms with van der Waals surface area (Å²) in [7, 11) is 0. The van der Waals surface area contributed by atoms with Crippen LogP contribution < -0.4 is 33.2 Å². The molecule has 0 aliphatic rings. The molecule has 1 aromatic heterocycles. The molecule has 0 saturated heterocycles. The number of nitrogens with one attached hydrogen (secondary N) is 4. The summed E-state index contributed by atoms with van der Waals surface area (Å²) in [4.78, 5) is 82.5. The fraction of sp³-hybridized carbons (Fsp3) is 0.545. The molecule has 1 rings (SSSR count). The molecule has 3 amide bonds. The van der Waals surface area contributed by atoms with Crippen LogP contribution in [0.1, 0.15) is 44.2 Å². The number of rotatable bonds is 19. The molecule has 1 heterocycles. The number of aromatic amines is 1. The number of carbonyl (C=O) groups is 6. The highest BCUT2D eigenvalue weighted by Gasteiger charge is 2.31. The first-order valence-electron chi connectivity index (χ1n) is 12.2. The van der Waals surface area contributed by atoms with Crippen molar-refractivity contribution in [2.24, 2.45) is 22.2 Å². The van der Waals surface area contributed by atoms with E-state index in [0.29, 0.717) is 5.69 Å². The molecule has 0 bridgehead atoms. The Morgan fingerprint density at radius 1 is 0.850 bits per heavy atom. The van der Waals surface area contributed by atoms with Gasteiger partial charge in [0.1, 0.15) is 18.1 Å². The zero-order valence-electron chi connectivity index (χ0n) is 21.5. The van der Waals surface area contributed by atoms with Crippen LogP contribution in [0.4, 0.5) is 0 Å². The summed E-state index contributed by atoms with van der Waals surface area (Å²) in [6, 6.07) is -5.46. The third kappa shape index (κ3) is 13.2. The monoisotopic (exact) mass is 569 g/mol. The van der Waals surface area contributed by atoms with Crippen LogP contribution in [0.15, 0.2) is 17.5 Å². The van der Waals surface area contributed by atoms with Crippen molar-refractivity contribution >= 4 is 41.6 Å². The maximum absolute atomic E-state index is 13.2. The van der Waals surface area contributed by atoms with Gasteiger partial charge < -0.3 is 53.5 Å². The highest BCUT2D eigenvalue weighted by Crippen LogP contribution is 2.06. The molecule has 40 heavy (non-hydrogen) atoms. The van der Waals surface area contributed by atoms with Crippen LogP contribution in [0, 0.1) is 0 Å². The van der Waals surface area contributed by atoms with Gasteiger partial charge in [0.2, 0.25) is 17.7 Å². The molecule has 4 unspecified atom stereocenters. The number of guanidine groups is 1. The molecule has 18 heteroatoms. The Morgan fingerprint density at radius 3 is 1.88 bits per heavy atom. The number of nitrogens with two attached hydrogens (primary N) is 3. The second-order valence-electron chi connectivity index (χ2n) is 8.72. The summed E-state index contributed by atoms with van der Waals surface area (Å²) in [5, 5.41) is 34.1. The van der Waals surface area contributed by atoms with Gasteiger partial charge >= 0.3 is 17.9 Å². The van der Waals surface area contributed by atoms with Gasteiger partial charge in [-0.2, -0.15) is 0 Å². The van der Waals surface area contributed by atoms with E-state index in [4.69, 9.17) is 27.4 Å². The van der Waals surface area contributed by atoms with Crippen molar-refractivity contribution < 1.29 is 44.1 Å². The Kier molecular flexibility index (Phi) is 14.1. The molecular weight excluding hydrogens is 534 g/mol. The molecule has 0 radical (unpaired) electrons. The average Bonchev–Trinajstić information content (AvgIpc) is 3.38. The summed E-state index contributed by atoms with van der Waals surface area (Å²) in [6.07, 6.45) is 1.15.